The van der Waals surface area contributed by atoms with Crippen LogP contribution >= 0.6 is 11.6 Å². The van der Waals surface area contributed by atoms with Crippen molar-refractivity contribution in [2.24, 2.45) is 0 Å². The third kappa shape index (κ3) is 5.82. The molecule has 1 amide bonds. The minimum absolute atomic E-state index is 0.0623. The summed E-state index contributed by atoms with van der Waals surface area (Å²) in [6.45, 7) is 10.8. The van der Waals surface area contributed by atoms with Gasteiger partial charge in [0.15, 0.2) is 6.61 Å². The van der Waals surface area contributed by atoms with Gasteiger partial charge in [-0.05, 0) is 87.2 Å². The van der Waals surface area contributed by atoms with Gasteiger partial charge in [0.25, 0.3) is 5.91 Å². The number of carbonyl (C=O) groups excluding carboxylic acids is 1. The van der Waals surface area contributed by atoms with Gasteiger partial charge < -0.3 is 19.4 Å². The maximum absolute atomic E-state index is 12.7. The van der Waals surface area contributed by atoms with E-state index < -0.39 is 0 Å². The second kappa shape index (κ2) is 11.0. The maximum Gasteiger partial charge on any atom is 0.258 e. The molecule has 1 heterocycles. The van der Waals surface area contributed by atoms with Crippen LogP contribution in [0.25, 0.3) is 11.0 Å². The number of amides is 1. The van der Waals surface area contributed by atoms with Crippen LogP contribution in [0, 0.1) is 27.7 Å². The van der Waals surface area contributed by atoms with Crippen LogP contribution < -0.4 is 14.8 Å². The van der Waals surface area contributed by atoms with Gasteiger partial charge >= 0.3 is 0 Å². The van der Waals surface area contributed by atoms with Gasteiger partial charge in [-0.1, -0.05) is 35.9 Å². The molecule has 1 aromatic heterocycles. The Hall–Kier alpha value is -3.51. The normalized spacial score (nSPS) is 11.9. The molecular formula is C29H32ClN3O3. The lowest BCUT2D eigenvalue weighted by Crippen LogP contribution is -2.33. The van der Waals surface area contributed by atoms with E-state index in [4.69, 9.17) is 26.1 Å². The van der Waals surface area contributed by atoms with Crippen molar-refractivity contribution in [3.8, 4) is 11.5 Å². The van der Waals surface area contributed by atoms with Crippen molar-refractivity contribution >= 4 is 28.5 Å². The van der Waals surface area contributed by atoms with E-state index in [2.05, 4.69) is 9.88 Å². The first-order valence-corrected chi connectivity index (χ1v) is 12.4. The van der Waals surface area contributed by atoms with Crippen LogP contribution in [0.5, 0.6) is 11.5 Å². The number of hydrogen-bond acceptors (Lipinski definition) is 4. The molecule has 3 aromatic carbocycles. The van der Waals surface area contributed by atoms with Crippen molar-refractivity contribution in [2.75, 3.05) is 13.2 Å². The average Bonchev–Trinajstić information content (AvgIpc) is 3.22. The number of rotatable bonds is 9. The number of aromatic nitrogens is 2. The second-order valence-corrected chi connectivity index (χ2v) is 9.55. The first kappa shape index (κ1) is 25.6. The monoisotopic (exact) mass is 505 g/mol. The molecule has 6 nitrogen and oxygen atoms in total. The summed E-state index contributed by atoms with van der Waals surface area (Å²) in [5.41, 5.74) is 5.92. The van der Waals surface area contributed by atoms with Crippen molar-refractivity contribution in [1.82, 2.24) is 14.9 Å². The highest BCUT2D eigenvalue weighted by molar-refractivity contribution is 6.32. The summed E-state index contributed by atoms with van der Waals surface area (Å²) in [7, 11) is 0. The Labute approximate surface area is 217 Å². The summed E-state index contributed by atoms with van der Waals surface area (Å²) in [6, 6.07) is 17.5. The van der Waals surface area contributed by atoms with Crippen LogP contribution in [0.1, 0.15) is 41.0 Å². The number of fused-ring (bicyclic) bond motifs is 1. The molecule has 1 unspecified atom stereocenters. The third-order valence-electron chi connectivity index (χ3n) is 6.14. The highest BCUT2D eigenvalue weighted by Crippen LogP contribution is 2.26. The molecule has 4 rings (SSSR count). The van der Waals surface area contributed by atoms with Crippen LogP contribution in [0.4, 0.5) is 0 Å². The average molecular weight is 506 g/mol. The van der Waals surface area contributed by atoms with E-state index >= 15 is 0 Å². The first-order valence-electron chi connectivity index (χ1n) is 12.1. The van der Waals surface area contributed by atoms with E-state index in [1.54, 1.807) is 0 Å². The van der Waals surface area contributed by atoms with Crippen molar-refractivity contribution in [3.05, 3.63) is 87.7 Å². The molecule has 7 heteroatoms. The highest BCUT2D eigenvalue weighted by atomic mass is 35.5. The topological polar surface area (TPSA) is 65.4 Å². The summed E-state index contributed by atoms with van der Waals surface area (Å²) in [5, 5.41) is 3.79. The van der Waals surface area contributed by atoms with Gasteiger partial charge in [-0.25, -0.2) is 4.98 Å². The summed E-state index contributed by atoms with van der Waals surface area (Å²) in [4.78, 5) is 17.5. The van der Waals surface area contributed by atoms with Crippen molar-refractivity contribution < 1.29 is 14.3 Å². The van der Waals surface area contributed by atoms with Gasteiger partial charge in [0.1, 0.15) is 23.9 Å². The van der Waals surface area contributed by atoms with Crippen LogP contribution in [-0.4, -0.2) is 28.7 Å². The van der Waals surface area contributed by atoms with Crippen molar-refractivity contribution in [2.45, 2.75) is 47.2 Å². The third-order valence-corrected chi connectivity index (χ3v) is 6.74. The molecule has 0 radical (unpaired) electrons. The minimum atomic E-state index is -0.313. The zero-order valence-electron chi connectivity index (χ0n) is 21.4. The first-order chi connectivity index (χ1) is 17.2. The van der Waals surface area contributed by atoms with Gasteiger partial charge in [-0.15, -0.1) is 0 Å². The van der Waals surface area contributed by atoms with Crippen molar-refractivity contribution in [3.63, 3.8) is 0 Å². The molecule has 0 saturated heterocycles. The van der Waals surface area contributed by atoms with E-state index in [9.17, 15) is 4.79 Å². The molecule has 0 fully saturated rings. The quantitative estimate of drug-likeness (QED) is 0.291. The molecule has 0 spiro atoms. The molecule has 188 valence electrons. The Morgan fingerprint density at radius 2 is 1.72 bits per heavy atom. The Balaban J connectivity index is 1.45. The van der Waals surface area contributed by atoms with Crippen LogP contribution in [0.3, 0.4) is 0 Å². The summed E-state index contributed by atoms with van der Waals surface area (Å²) in [5.74, 6) is 2.06. The fourth-order valence-corrected chi connectivity index (χ4v) is 4.37. The molecule has 36 heavy (non-hydrogen) atoms. The predicted octanol–water partition coefficient (Wildman–Crippen LogP) is 6.26. The summed E-state index contributed by atoms with van der Waals surface area (Å²) >= 11 is 6.29. The number of nitrogens with one attached hydrogen (secondary N) is 1. The van der Waals surface area contributed by atoms with Gasteiger partial charge in [0, 0.05) is 5.02 Å². The van der Waals surface area contributed by atoms with E-state index in [1.165, 1.54) is 0 Å². The van der Waals surface area contributed by atoms with Gasteiger partial charge in [0.05, 0.1) is 23.6 Å². The summed E-state index contributed by atoms with van der Waals surface area (Å²) < 4.78 is 13.9. The van der Waals surface area contributed by atoms with Crippen LogP contribution in [-0.2, 0) is 11.3 Å². The van der Waals surface area contributed by atoms with E-state index in [-0.39, 0.29) is 18.6 Å². The number of ether oxygens (including phenoxy) is 2. The van der Waals surface area contributed by atoms with Crippen LogP contribution in [0.15, 0.2) is 54.6 Å². The number of imidazole rings is 1. The highest BCUT2D eigenvalue weighted by Gasteiger charge is 2.19. The fraction of sp³-hybridized carbons (Fsp3) is 0.310. The zero-order valence-corrected chi connectivity index (χ0v) is 22.1. The van der Waals surface area contributed by atoms with E-state index in [0.29, 0.717) is 13.2 Å². The van der Waals surface area contributed by atoms with Gasteiger partial charge in [0.2, 0.25) is 0 Å². The van der Waals surface area contributed by atoms with Gasteiger partial charge in [-0.2, -0.15) is 0 Å². The lowest BCUT2D eigenvalue weighted by molar-refractivity contribution is -0.123. The molecule has 0 aliphatic rings. The molecule has 4 aromatic rings. The lowest BCUT2D eigenvalue weighted by atomic mass is 10.1. The zero-order chi connectivity index (χ0) is 25.8. The smallest absolute Gasteiger partial charge is 0.258 e. The number of hydrogen-bond donors (Lipinski definition) is 1. The fourth-order valence-electron chi connectivity index (χ4n) is 4.26. The van der Waals surface area contributed by atoms with Crippen LogP contribution in [0.2, 0.25) is 5.02 Å². The number of aryl methyl sites for hydroxylation is 4. The Morgan fingerprint density at radius 1 is 1.00 bits per heavy atom. The molecule has 0 aliphatic heterocycles. The molecular weight excluding hydrogens is 474 g/mol. The van der Waals surface area contributed by atoms with Crippen molar-refractivity contribution in [1.29, 1.82) is 0 Å². The minimum Gasteiger partial charge on any atom is -0.492 e. The second-order valence-electron chi connectivity index (χ2n) is 9.18. The molecule has 0 aliphatic carbocycles. The molecule has 1 atom stereocenters. The predicted molar refractivity (Wildman–Crippen MR) is 144 cm³/mol. The maximum atomic E-state index is 12.7. The Morgan fingerprint density at radius 3 is 2.47 bits per heavy atom. The number of para-hydroxylation sites is 2. The molecule has 1 N–H and O–H groups in total. The standard InChI is InChI=1S/C29H32ClN3O3/c1-18-10-11-19(2)26(14-18)36-17-27(34)31-22(5)29-32-24-8-6-7-9-25(24)33(29)12-13-35-23-15-20(3)28(30)21(4)16-23/h6-11,14-16,22H,12-13,17H2,1-5H3,(H,31,34). The lowest BCUT2D eigenvalue weighted by Gasteiger charge is -2.17. The number of carbonyl (C=O) groups is 1. The summed E-state index contributed by atoms with van der Waals surface area (Å²) in [6.07, 6.45) is 0. The molecule has 0 saturated carbocycles. The number of benzene rings is 3. The van der Waals surface area contributed by atoms with E-state index in [1.807, 2.05) is 89.2 Å². The van der Waals surface area contributed by atoms with E-state index in [0.717, 1.165) is 55.6 Å². The Kier molecular flexibility index (Phi) is 7.85. The SMILES string of the molecule is Cc1ccc(C)c(OCC(=O)NC(C)c2nc3ccccc3n2CCOc2cc(C)c(Cl)c(C)c2)c1. The number of nitrogens with zero attached hydrogens (tertiary/aromatic N) is 2. The Bertz CT molecular complexity index is 1370. The number of halogens is 1. The largest absolute Gasteiger partial charge is 0.492 e. The molecule has 0 bridgehead atoms. The van der Waals surface area contributed by atoms with Gasteiger partial charge in [-0.3, -0.25) is 4.79 Å².